The van der Waals surface area contributed by atoms with Crippen molar-refractivity contribution < 1.29 is 13.2 Å². The van der Waals surface area contributed by atoms with Gasteiger partial charge in [0.1, 0.15) is 10.3 Å². The lowest BCUT2D eigenvalue weighted by molar-refractivity contribution is -0.121. The van der Waals surface area contributed by atoms with Crippen molar-refractivity contribution in [3.05, 3.63) is 71.6 Å². The van der Waals surface area contributed by atoms with Crippen LogP contribution in [0.1, 0.15) is 18.4 Å². The number of rotatable bonds is 7. The first-order valence-electron chi connectivity index (χ1n) is 10.8. The molecule has 0 radical (unpaired) electrons. The molecule has 1 aliphatic rings. The lowest BCUT2D eigenvalue weighted by atomic mass is 10.1. The summed E-state index contributed by atoms with van der Waals surface area (Å²) in [6.45, 7) is 0.670. The van der Waals surface area contributed by atoms with Crippen LogP contribution in [-0.4, -0.2) is 42.5 Å². The zero-order chi connectivity index (χ0) is 23.7. The van der Waals surface area contributed by atoms with Gasteiger partial charge in [-0.15, -0.1) is 23.1 Å². The van der Waals surface area contributed by atoms with E-state index in [1.54, 1.807) is 34.2 Å². The summed E-state index contributed by atoms with van der Waals surface area (Å²) in [7, 11) is -3.73. The Morgan fingerprint density at radius 3 is 2.71 bits per heavy atom. The topological polar surface area (TPSA) is 70.6 Å². The van der Waals surface area contributed by atoms with Crippen molar-refractivity contribution in [2.75, 3.05) is 17.7 Å². The number of hydrogen-bond donors (Lipinski definition) is 0. The van der Waals surface area contributed by atoms with E-state index in [0.717, 1.165) is 20.7 Å². The van der Waals surface area contributed by atoms with Crippen molar-refractivity contribution in [1.82, 2.24) is 9.29 Å². The van der Waals surface area contributed by atoms with Gasteiger partial charge in [0.2, 0.25) is 5.91 Å². The Labute approximate surface area is 211 Å². The zero-order valence-electron chi connectivity index (χ0n) is 18.5. The van der Waals surface area contributed by atoms with E-state index in [1.165, 1.54) is 27.0 Å². The molecule has 1 unspecified atom stereocenters. The highest BCUT2D eigenvalue weighted by Crippen LogP contribution is 2.36. The molecule has 176 valence electrons. The monoisotopic (exact) mass is 529 g/mol. The van der Waals surface area contributed by atoms with Crippen molar-refractivity contribution in [2.24, 2.45) is 0 Å². The molecule has 0 N–H and O–H groups in total. The average molecular weight is 530 g/mol. The molecule has 2 aromatic carbocycles. The van der Waals surface area contributed by atoms with E-state index in [-0.39, 0.29) is 10.1 Å². The van der Waals surface area contributed by atoms with Gasteiger partial charge in [-0.25, -0.2) is 13.4 Å². The lowest BCUT2D eigenvalue weighted by Crippen LogP contribution is -2.47. The Morgan fingerprint density at radius 1 is 1.15 bits per heavy atom. The fourth-order valence-corrected chi connectivity index (χ4v) is 8.57. The van der Waals surface area contributed by atoms with Crippen LogP contribution in [0, 0.1) is 0 Å². The summed E-state index contributed by atoms with van der Waals surface area (Å²) in [6, 6.07) is 18.3. The normalized spacial score (nSPS) is 16.8. The average Bonchev–Trinajstić information content (AvgIpc) is 3.62. The number of thiazole rings is 1. The number of carbonyl (C=O) groups is 1. The molecule has 2 aromatic heterocycles. The Kier molecular flexibility index (Phi) is 6.76. The van der Waals surface area contributed by atoms with Crippen LogP contribution in [0.15, 0.2) is 75.1 Å². The number of hydrogen-bond acceptors (Lipinski definition) is 7. The Balaban J connectivity index is 1.54. The van der Waals surface area contributed by atoms with Crippen molar-refractivity contribution in [3.8, 4) is 0 Å². The molecule has 10 heteroatoms. The van der Waals surface area contributed by atoms with Crippen LogP contribution in [0.4, 0.5) is 5.13 Å². The third-order valence-electron chi connectivity index (χ3n) is 5.82. The standard InChI is InChI=1S/C24H23N3O3S4/c1-31-19-11-5-12-20-22(19)25-24(33-20)26(16-17-8-3-2-4-9-17)23(28)18-10-6-14-27(18)34(29,30)21-13-7-15-32-21/h2-5,7-9,11-13,15,18H,6,10,14,16H2,1H3. The van der Waals surface area contributed by atoms with Gasteiger partial charge in [-0.05, 0) is 48.2 Å². The molecular formula is C24H23N3O3S4. The molecule has 6 nitrogen and oxygen atoms in total. The summed E-state index contributed by atoms with van der Waals surface area (Å²) in [5.74, 6) is -0.230. The molecule has 34 heavy (non-hydrogen) atoms. The van der Waals surface area contributed by atoms with Gasteiger partial charge in [0, 0.05) is 11.4 Å². The maximum absolute atomic E-state index is 14.0. The van der Waals surface area contributed by atoms with E-state index in [2.05, 4.69) is 0 Å². The van der Waals surface area contributed by atoms with Crippen LogP contribution < -0.4 is 4.90 Å². The van der Waals surface area contributed by atoms with Gasteiger partial charge in [-0.2, -0.15) is 4.31 Å². The molecule has 0 bridgehead atoms. The smallest absolute Gasteiger partial charge is 0.253 e. The van der Waals surface area contributed by atoms with Crippen LogP contribution in [0.5, 0.6) is 0 Å². The van der Waals surface area contributed by atoms with Gasteiger partial charge in [0.05, 0.1) is 16.8 Å². The molecule has 0 aliphatic carbocycles. The number of para-hydroxylation sites is 1. The number of thiophene rings is 1. The number of fused-ring (bicyclic) bond motifs is 1. The first kappa shape index (κ1) is 23.5. The first-order chi connectivity index (χ1) is 16.5. The van der Waals surface area contributed by atoms with Crippen molar-refractivity contribution in [3.63, 3.8) is 0 Å². The van der Waals surface area contributed by atoms with E-state index in [0.29, 0.717) is 31.1 Å². The highest BCUT2D eigenvalue weighted by Gasteiger charge is 2.42. The number of sulfonamides is 1. The molecule has 3 heterocycles. The molecule has 4 aromatic rings. The quantitative estimate of drug-likeness (QED) is 0.297. The van der Waals surface area contributed by atoms with E-state index < -0.39 is 16.1 Å². The van der Waals surface area contributed by atoms with Gasteiger partial charge in [0.25, 0.3) is 10.0 Å². The van der Waals surface area contributed by atoms with E-state index in [9.17, 15) is 13.2 Å². The minimum atomic E-state index is -3.73. The summed E-state index contributed by atoms with van der Waals surface area (Å²) >= 11 is 4.26. The van der Waals surface area contributed by atoms with Crippen molar-refractivity contribution >= 4 is 65.7 Å². The second-order valence-corrected chi connectivity index (χ2v) is 12.8. The molecule has 1 fully saturated rings. The largest absolute Gasteiger partial charge is 0.282 e. The van der Waals surface area contributed by atoms with Crippen LogP contribution >= 0.6 is 34.4 Å². The number of benzene rings is 2. The summed E-state index contributed by atoms with van der Waals surface area (Å²) in [5.41, 5.74) is 1.83. The maximum atomic E-state index is 14.0. The van der Waals surface area contributed by atoms with E-state index in [1.807, 2.05) is 54.8 Å². The molecular weight excluding hydrogens is 507 g/mol. The summed E-state index contributed by atoms with van der Waals surface area (Å²) < 4.78 is 29.3. The van der Waals surface area contributed by atoms with Crippen LogP contribution in [0.2, 0.25) is 0 Å². The number of anilines is 1. The minimum absolute atomic E-state index is 0.230. The van der Waals surface area contributed by atoms with Gasteiger partial charge < -0.3 is 0 Å². The molecule has 0 spiro atoms. The summed E-state index contributed by atoms with van der Waals surface area (Å²) in [6.07, 6.45) is 3.15. The first-order valence-corrected chi connectivity index (χ1v) is 15.2. The number of aromatic nitrogens is 1. The van der Waals surface area contributed by atoms with Gasteiger partial charge in [-0.3, -0.25) is 9.69 Å². The van der Waals surface area contributed by atoms with Crippen molar-refractivity contribution in [2.45, 2.75) is 34.5 Å². The maximum Gasteiger partial charge on any atom is 0.253 e. The second kappa shape index (κ2) is 9.79. The Morgan fingerprint density at radius 2 is 1.97 bits per heavy atom. The molecule has 5 rings (SSSR count). The second-order valence-electron chi connectivity index (χ2n) is 7.92. The highest BCUT2D eigenvalue weighted by molar-refractivity contribution is 7.98. The number of nitrogens with zero attached hydrogens (tertiary/aromatic N) is 3. The number of carbonyl (C=O) groups excluding carboxylic acids is 1. The molecule has 1 aliphatic heterocycles. The van der Waals surface area contributed by atoms with Crippen LogP contribution in [0.25, 0.3) is 10.2 Å². The third kappa shape index (κ3) is 4.40. The zero-order valence-corrected chi connectivity index (χ0v) is 21.7. The molecule has 1 amide bonds. The third-order valence-corrected chi connectivity index (χ3v) is 10.9. The van der Waals surface area contributed by atoms with E-state index in [4.69, 9.17) is 4.98 Å². The van der Waals surface area contributed by atoms with Crippen LogP contribution in [0.3, 0.4) is 0 Å². The van der Waals surface area contributed by atoms with E-state index >= 15 is 0 Å². The molecule has 0 saturated carbocycles. The number of thioether (sulfide) groups is 1. The van der Waals surface area contributed by atoms with Gasteiger partial charge in [0.15, 0.2) is 5.13 Å². The summed E-state index contributed by atoms with van der Waals surface area (Å²) in [4.78, 5) is 21.6. The lowest BCUT2D eigenvalue weighted by Gasteiger charge is -2.28. The van der Waals surface area contributed by atoms with Crippen molar-refractivity contribution in [1.29, 1.82) is 0 Å². The molecule has 1 atom stereocenters. The Bertz CT molecular complexity index is 1400. The van der Waals surface area contributed by atoms with Gasteiger partial charge in [-0.1, -0.05) is 53.8 Å². The highest BCUT2D eigenvalue weighted by atomic mass is 32.2. The van der Waals surface area contributed by atoms with Crippen LogP contribution in [-0.2, 0) is 21.4 Å². The predicted octanol–water partition coefficient (Wildman–Crippen LogP) is 5.47. The van der Waals surface area contributed by atoms with Gasteiger partial charge >= 0.3 is 0 Å². The SMILES string of the molecule is CSc1cccc2sc(N(Cc3ccccc3)C(=O)C3CCCN3S(=O)(=O)c3cccs3)nc12. The summed E-state index contributed by atoms with van der Waals surface area (Å²) in [5, 5.41) is 2.33. The minimum Gasteiger partial charge on any atom is -0.282 e. The molecule has 1 saturated heterocycles. The fourth-order valence-electron chi connectivity index (χ4n) is 4.18. The number of amides is 1. The fraction of sp³-hybridized carbons (Fsp3) is 0.250. The Hall–Kier alpha value is -2.24. The predicted molar refractivity (Wildman–Crippen MR) is 140 cm³/mol.